The van der Waals surface area contributed by atoms with Crippen LogP contribution >= 0.6 is 0 Å². The number of carbonyl (C=O) groups excluding carboxylic acids is 1. The highest BCUT2D eigenvalue weighted by Crippen LogP contribution is 2.19. The Morgan fingerprint density at radius 1 is 1.44 bits per heavy atom. The van der Waals surface area contributed by atoms with Crippen molar-refractivity contribution >= 4 is 5.91 Å². The fourth-order valence-electron chi connectivity index (χ4n) is 2.33. The van der Waals surface area contributed by atoms with Crippen molar-refractivity contribution in [1.82, 2.24) is 10.2 Å². The molecule has 0 bridgehead atoms. The molecule has 1 aromatic carbocycles. The molecule has 1 saturated heterocycles. The summed E-state index contributed by atoms with van der Waals surface area (Å²) >= 11 is 0. The Labute approximate surface area is 109 Å². The molecular formula is C15H22N2O. The predicted octanol–water partition coefficient (Wildman–Crippen LogP) is 1.81. The first kappa shape index (κ1) is 13.1. The first-order valence-corrected chi connectivity index (χ1v) is 6.60. The van der Waals surface area contributed by atoms with E-state index in [1.54, 1.807) is 0 Å². The molecule has 1 fully saturated rings. The molecule has 1 aliphatic heterocycles. The Bertz CT molecular complexity index is 426. The Kier molecular flexibility index (Phi) is 4.02. The zero-order valence-electron chi connectivity index (χ0n) is 11.4. The van der Waals surface area contributed by atoms with Crippen LogP contribution in [0.15, 0.2) is 24.3 Å². The first-order valence-electron chi connectivity index (χ1n) is 6.60. The minimum atomic E-state index is 0.125. The molecule has 0 spiro atoms. The lowest BCUT2D eigenvalue weighted by Crippen LogP contribution is -2.49. The fourth-order valence-corrected chi connectivity index (χ4v) is 2.33. The highest BCUT2D eigenvalue weighted by Gasteiger charge is 2.30. The maximum atomic E-state index is 12.3. The van der Waals surface area contributed by atoms with E-state index in [1.807, 2.05) is 31.0 Å². The van der Waals surface area contributed by atoms with Crippen LogP contribution in [0.2, 0.25) is 0 Å². The van der Waals surface area contributed by atoms with E-state index in [0.717, 1.165) is 13.1 Å². The first-order chi connectivity index (χ1) is 8.59. The number of hydrogen-bond donors (Lipinski definition) is 1. The van der Waals surface area contributed by atoms with E-state index in [1.165, 1.54) is 11.1 Å². The van der Waals surface area contributed by atoms with Crippen molar-refractivity contribution < 1.29 is 4.79 Å². The Balaban J connectivity index is 1.96. The van der Waals surface area contributed by atoms with Crippen molar-refractivity contribution in [3.05, 3.63) is 35.4 Å². The monoisotopic (exact) mass is 246 g/mol. The van der Waals surface area contributed by atoms with Gasteiger partial charge in [-0.3, -0.25) is 4.79 Å². The fraction of sp³-hybridized carbons (Fsp3) is 0.533. The summed E-state index contributed by atoms with van der Waals surface area (Å²) in [6, 6.07) is 8.24. The molecule has 1 unspecified atom stereocenters. The van der Waals surface area contributed by atoms with E-state index in [0.29, 0.717) is 12.5 Å². The Morgan fingerprint density at radius 2 is 2.11 bits per heavy atom. The largest absolute Gasteiger partial charge is 0.341 e. The van der Waals surface area contributed by atoms with E-state index in [-0.39, 0.29) is 11.8 Å². The third-order valence-corrected chi connectivity index (χ3v) is 3.95. The van der Waals surface area contributed by atoms with Crippen LogP contribution in [0, 0.1) is 18.8 Å². The van der Waals surface area contributed by atoms with E-state index >= 15 is 0 Å². The van der Waals surface area contributed by atoms with Crippen LogP contribution in [0.3, 0.4) is 0 Å². The number of nitrogens with one attached hydrogen (secondary N) is 1. The summed E-state index contributed by atoms with van der Waals surface area (Å²) in [5.41, 5.74) is 2.47. The van der Waals surface area contributed by atoms with Crippen LogP contribution in [0.4, 0.5) is 0 Å². The summed E-state index contributed by atoms with van der Waals surface area (Å²) < 4.78 is 0. The molecule has 1 amide bonds. The quantitative estimate of drug-likeness (QED) is 0.878. The molecule has 0 radical (unpaired) electrons. The van der Waals surface area contributed by atoms with Crippen LogP contribution in [0.1, 0.15) is 18.1 Å². The maximum Gasteiger partial charge on any atom is 0.225 e. The van der Waals surface area contributed by atoms with Crippen LogP contribution < -0.4 is 5.32 Å². The normalized spacial score (nSPS) is 17.1. The van der Waals surface area contributed by atoms with Crippen molar-refractivity contribution in [3.63, 3.8) is 0 Å². The average molecular weight is 246 g/mol. The molecule has 98 valence electrons. The Hall–Kier alpha value is -1.35. The summed E-state index contributed by atoms with van der Waals surface area (Å²) in [5, 5.41) is 3.22. The van der Waals surface area contributed by atoms with Crippen LogP contribution in [0.25, 0.3) is 0 Å². The van der Waals surface area contributed by atoms with E-state index < -0.39 is 0 Å². The highest BCUT2D eigenvalue weighted by molar-refractivity contribution is 5.78. The number of amides is 1. The predicted molar refractivity (Wildman–Crippen MR) is 73.2 cm³/mol. The van der Waals surface area contributed by atoms with Crippen molar-refractivity contribution in [2.75, 3.05) is 20.1 Å². The number of carbonyl (C=O) groups is 1. The number of rotatable bonds is 4. The summed E-state index contributed by atoms with van der Waals surface area (Å²) in [7, 11) is 1.90. The smallest absolute Gasteiger partial charge is 0.225 e. The lowest BCUT2D eigenvalue weighted by Gasteiger charge is -2.34. The van der Waals surface area contributed by atoms with Gasteiger partial charge in [0.15, 0.2) is 0 Å². The number of nitrogens with zero attached hydrogens (tertiary/aromatic N) is 1. The molecule has 2 rings (SSSR count). The topological polar surface area (TPSA) is 32.3 Å². The van der Waals surface area contributed by atoms with Crippen LogP contribution in [0.5, 0.6) is 0 Å². The molecule has 0 aromatic heterocycles. The molecule has 1 aliphatic rings. The summed E-state index contributed by atoms with van der Waals surface area (Å²) in [4.78, 5) is 14.1. The van der Waals surface area contributed by atoms with Gasteiger partial charge < -0.3 is 10.2 Å². The standard InChI is InChI=1S/C15H22N2O/c1-11-6-4-5-7-13(11)10-17(3)15(18)12(2)14-8-16-9-14/h4-7,12,14,16H,8-10H2,1-3H3. The van der Waals surface area contributed by atoms with E-state index in [2.05, 4.69) is 24.4 Å². The van der Waals surface area contributed by atoms with Gasteiger partial charge in [0.25, 0.3) is 0 Å². The van der Waals surface area contributed by atoms with E-state index in [4.69, 9.17) is 0 Å². The molecule has 1 aromatic rings. The van der Waals surface area contributed by atoms with Gasteiger partial charge >= 0.3 is 0 Å². The third kappa shape index (κ3) is 2.72. The van der Waals surface area contributed by atoms with Crippen molar-refractivity contribution in [3.8, 4) is 0 Å². The lowest BCUT2D eigenvalue weighted by atomic mass is 9.88. The summed E-state index contributed by atoms with van der Waals surface area (Å²) in [5.74, 6) is 0.891. The van der Waals surface area contributed by atoms with Crippen molar-refractivity contribution in [2.45, 2.75) is 20.4 Å². The van der Waals surface area contributed by atoms with Gasteiger partial charge in [-0.25, -0.2) is 0 Å². The number of hydrogen-bond acceptors (Lipinski definition) is 2. The third-order valence-electron chi connectivity index (χ3n) is 3.95. The maximum absolute atomic E-state index is 12.3. The van der Waals surface area contributed by atoms with Crippen molar-refractivity contribution in [1.29, 1.82) is 0 Å². The molecule has 0 saturated carbocycles. The zero-order chi connectivity index (χ0) is 13.1. The second-order valence-electron chi connectivity index (χ2n) is 5.33. The van der Waals surface area contributed by atoms with Gasteiger partial charge in [0.05, 0.1) is 0 Å². The molecule has 1 atom stereocenters. The minimum absolute atomic E-state index is 0.125. The number of aryl methyl sites for hydroxylation is 1. The second kappa shape index (κ2) is 5.53. The molecule has 3 heteroatoms. The number of benzene rings is 1. The lowest BCUT2D eigenvalue weighted by molar-refractivity contribution is -0.136. The van der Waals surface area contributed by atoms with Gasteiger partial charge in [0.2, 0.25) is 5.91 Å². The van der Waals surface area contributed by atoms with Crippen molar-refractivity contribution in [2.24, 2.45) is 11.8 Å². The van der Waals surface area contributed by atoms with Crippen LogP contribution in [-0.4, -0.2) is 30.9 Å². The Morgan fingerprint density at radius 3 is 2.67 bits per heavy atom. The molecule has 3 nitrogen and oxygen atoms in total. The average Bonchev–Trinajstić information content (AvgIpc) is 2.28. The molecule has 1 N–H and O–H groups in total. The highest BCUT2D eigenvalue weighted by atomic mass is 16.2. The SMILES string of the molecule is Cc1ccccc1CN(C)C(=O)C(C)C1CNC1. The van der Waals surface area contributed by atoms with Gasteiger partial charge in [-0.15, -0.1) is 0 Å². The van der Waals surface area contributed by atoms with Gasteiger partial charge in [-0.2, -0.15) is 0 Å². The van der Waals surface area contributed by atoms with E-state index in [9.17, 15) is 4.79 Å². The zero-order valence-corrected chi connectivity index (χ0v) is 11.4. The molecular weight excluding hydrogens is 224 g/mol. The van der Waals surface area contributed by atoms with Crippen LogP contribution in [-0.2, 0) is 11.3 Å². The van der Waals surface area contributed by atoms with Gasteiger partial charge in [-0.05, 0) is 37.1 Å². The van der Waals surface area contributed by atoms with Gasteiger partial charge in [0, 0.05) is 19.5 Å². The molecule has 0 aliphatic carbocycles. The second-order valence-corrected chi connectivity index (χ2v) is 5.33. The summed E-state index contributed by atoms with van der Waals surface area (Å²) in [6.45, 7) is 6.79. The summed E-state index contributed by atoms with van der Waals surface area (Å²) in [6.07, 6.45) is 0. The van der Waals surface area contributed by atoms with Gasteiger partial charge in [-0.1, -0.05) is 31.2 Å². The minimum Gasteiger partial charge on any atom is -0.341 e. The molecule has 18 heavy (non-hydrogen) atoms. The molecule has 1 heterocycles. The van der Waals surface area contributed by atoms with Gasteiger partial charge in [0.1, 0.15) is 0 Å².